The zero-order chi connectivity index (χ0) is 22.2. The van der Waals surface area contributed by atoms with E-state index in [9.17, 15) is 18.0 Å². The Hall–Kier alpha value is -3.03. The lowest BCUT2D eigenvalue weighted by molar-refractivity contribution is -0.137. The fraction of sp³-hybridized carbons (Fsp3) is 0.391. The number of anilines is 2. The summed E-state index contributed by atoms with van der Waals surface area (Å²) >= 11 is 0. The predicted octanol–water partition coefficient (Wildman–Crippen LogP) is 5.63. The van der Waals surface area contributed by atoms with Gasteiger partial charge in [-0.2, -0.15) is 13.2 Å². The predicted molar refractivity (Wildman–Crippen MR) is 113 cm³/mol. The number of alkyl halides is 3. The van der Waals surface area contributed by atoms with E-state index in [0.717, 1.165) is 61.0 Å². The second-order valence-electron chi connectivity index (χ2n) is 8.09. The van der Waals surface area contributed by atoms with Gasteiger partial charge in [0.2, 0.25) is 5.91 Å². The summed E-state index contributed by atoms with van der Waals surface area (Å²) in [6, 6.07) is 7.34. The molecule has 3 aromatic rings. The molecule has 0 bridgehead atoms. The van der Waals surface area contributed by atoms with E-state index in [1.165, 1.54) is 6.07 Å². The molecule has 1 aliphatic heterocycles. The van der Waals surface area contributed by atoms with Crippen molar-refractivity contribution in [3.8, 4) is 0 Å². The highest BCUT2D eigenvalue weighted by atomic mass is 19.4. The molecular weight excluding hydrogens is 407 g/mol. The number of hydrogen-bond acceptors (Lipinski definition) is 4. The first-order chi connectivity index (χ1) is 14.7. The highest BCUT2D eigenvalue weighted by Gasteiger charge is 2.32. The molecule has 1 amide bonds. The van der Waals surface area contributed by atoms with Crippen LogP contribution in [0.3, 0.4) is 0 Å². The maximum atomic E-state index is 13.3. The first kappa shape index (κ1) is 21.2. The molecule has 2 heterocycles. The van der Waals surface area contributed by atoms with Gasteiger partial charge in [0.05, 0.1) is 23.4 Å². The molecule has 4 rings (SSSR count). The molecule has 0 radical (unpaired) electrons. The molecule has 2 aromatic carbocycles. The molecule has 1 aliphatic rings. The van der Waals surface area contributed by atoms with E-state index in [1.807, 2.05) is 30.9 Å². The van der Waals surface area contributed by atoms with Crippen LogP contribution in [0.2, 0.25) is 0 Å². The summed E-state index contributed by atoms with van der Waals surface area (Å²) in [5.74, 6) is -0.437. The van der Waals surface area contributed by atoms with Crippen LogP contribution in [0, 0.1) is 13.8 Å². The molecule has 31 heavy (non-hydrogen) atoms. The Labute approximate surface area is 178 Å². The zero-order valence-corrected chi connectivity index (χ0v) is 17.5. The van der Waals surface area contributed by atoms with Gasteiger partial charge in [0.15, 0.2) is 5.58 Å². The monoisotopic (exact) mass is 431 g/mol. The van der Waals surface area contributed by atoms with Gasteiger partial charge in [-0.25, -0.2) is 0 Å². The highest BCUT2D eigenvalue weighted by Crippen LogP contribution is 2.36. The number of rotatable bonds is 4. The van der Waals surface area contributed by atoms with Gasteiger partial charge < -0.3 is 14.7 Å². The highest BCUT2D eigenvalue weighted by molar-refractivity contribution is 5.98. The van der Waals surface area contributed by atoms with Crippen LogP contribution in [-0.4, -0.2) is 24.2 Å². The molecule has 1 saturated heterocycles. The van der Waals surface area contributed by atoms with Crippen molar-refractivity contribution in [1.29, 1.82) is 0 Å². The second-order valence-corrected chi connectivity index (χ2v) is 8.09. The standard InChI is InChI=1S/C23H24F3N3O2/c1-14-10-15(2)22-18(28-31-20(22)11-14)13-21(30)27-17-12-16(23(24,25)26)6-7-19(17)29-8-4-3-5-9-29/h6-7,10-12H,3-5,8-9,13H2,1-2H3,(H,27,30). The molecular formula is C23H24F3N3O2. The van der Waals surface area contributed by atoms with Gasteiger partial charge >= 0.3 is 6.18 Å². The normalized spacial score (nSPS) is 14.8. The molecule has 0 spiro atoms. The summed E-state index contributed by atoms with van der Waals surface area (Å²) in [5, 5.41) is 7.48. The molecule has 1 aromatic heterocycles. The largest absolute Gasteiger partial charge is 0.416 e. The van der Waals surface area contributed by atoms with Crippen molar-refractivity contribution in [3.05, 3.63) is 52.7 Å². The minimum atomic E-state index is -4.49. The van der Waals surface area contributed by atoms with Gasteiger partial charge in [-0.3, -0.25) is 4.79 Å². The van der Waals surface area contributed by atoms with Crippen molar-refractivity contribution in [2.75, 3.05) is 23.3 Å². The number of carbonyl (C=O) groups is 1. The van der Waals surface area contributed by atoms with Gasteiger partial charge in [0.1, 0.15) is 5.69 Å². The summed E-state index contributed by atoms with van der Waals surface area (Å²) in [5.41, 5.74) is 3.01. The molecule has 1 N–H and O–H groups in total. The number of nitrogens with one attached hydrogen (secondary N) is 1. The van der Waals surface area contributed by atoms with Crippen molar-refractivity contribution in [3.63, 3.8) is 0 Å². The third kappa shape index (κ3) is 4.52. The fourth-order valence-electron chi connectivity index (χ4n) is 4.21. The maximum Gasteiger partial charge on any atom is 0.416 e. The SMILES string of the molecule is Cc1cc(C)c2c(CC(=O)Nc3cc(C(F)(F)F)ccc3N3CCCCC3)noc2c1. The van der Waals surface area contributed by atoms with E-state index in [-0.39, 0.29) is 12.1 Å². The van der Waals surface area contributed by atoms with Crippen LogP contribution in [0.5, 0.6) is 0 Å². The van der Waals surface area contributed by atoms with Gasteiger partial charge in [-0.1, -0.05) is 11.2 Å². The number of carbonyl (C=O) groups excluding carboxylic acids is 1. The maximum absolute atomic E-state index is 13.3. The molecule has 8 heteroatoms. The Bertz CT molecular complexity index is 1120. The van der Waals surface area contributed by atoms with E-state index in [2.05, 4.69) is 10.5 Å². The average molecular weight is 431 g/mol. The first-order valence-corrected chi connectivity index (χ1v) is 10.3. The summed E-state index contributed by atoms with van der Waals surface area (Å²) in [4.78, 5) is 14.8. The number of aryl methyl sites for hydroxylation is 2. The van der Waals surface area contributed by atoms with Gasteiger partial charge in [0.25, 0.3) is 0 Å². The van der Waals surface area contributed by atoms with E-state index in [4.69, 9.17) is 4.52 Å². The topological polar surface area (TPSA) is 58.4 Å². The lowest BCUT2D eigenvalue weighted by Crippen LogP contribution is -2.30. The molecule has 0 atom stereocenters. The molecule has 1 fully saturated rings. The third-order valence-corrected chi connectivity index (χ3v) is 5.61. The van der Waals surface area contributed by atoms with Crippen LogP contribution >= 0.6 is 0 Å². The third-order valence-electron chi connectivity index (χ3n) is 5.61. The Morgan fingerprint density at radius 1 is 1.13 bits per heavy atom. The number of benzene rings is 2. The smallest absolute Gasteiger partial charge is 0.370 e. The van der Waals surface area contributed by atoms with Crippen LogP contribution < -0.4 is 10.2 Å². The summed E-state index contributed by atoms with van der Waals surface area (Å²) in [6.45, 7) is 5.35. The number of aromatic nitrogens is 1. The van der Waals surface area contributed by atoms with Gasteiger partial charge in [-0.05, 0) is 68.5 Å². The number of halogens is 3. The van der Waals surface area contributed by atoms with Gasteiger partial charge in [0, 0.05) is 18.5 Å². The van der Waals surface area contributed by atoms with Crippen LogP contribution in [0.15, 0.2) is 34.9 Å². The summed E-state index contributed by atoms with van der Waals surface area (Å²) in [7, 11) is 0. The minimum Gasteiger partial charge on any atom is -0.370 e. The number of piperidine rings is 1. The second kappa shape index (κ2) is 8.24. The Morgan fingerprint density at radius 2 is 1.87 bits per heavy atom. The van der Waals surface area contributed by atoms with Crippen LogP contribution in [-0.2, 0) is 17.4 Å². The Kier molecular flexibility index (Phi) is 5.64. The lowest BCUT2D eigenvalue weighted by Gasteiger charge is -2.31. The summed E-state index contributed by atoms with van der Waals surface area (Å²) < 4.78 is 45.2. The first-order valence-electron chi connectivity index (χ1n) is 10.3. The number of fused-ring (bicyclic) bond motifs is 1. The van der Waals surface area contributed by atoms with Crippen LogP contribution in [0.25, 0.3) is 11.0 Å². The van der Waals surface area contributed by atoms with E-state index >= 15 is 0 Å². The van der Waals surface area contributed by atoms with Crippen molar-refractivity contribution in [2.45, 2.75) is 45.7 Å². The molecule has 0 unspecified atom stereocenters. The minimum absolute atomic E-state index is 0.0907. The molecule has 0 aliphatic carbocycles. The van der Waals surface area contributed by atoms with Crippen molar-refractivity contribution in [1.82, 2.24) is 5.16 Å². The van der Waals surface area contributed by atoms with Crippen LogP contribution in [0.1, 0.15) is 41.6 Å². The molecule has 5 nitrogen and oxygen atoms in total. The van der Waals surface area contributed by atoms with E-state index < -0.39 is 17.6 Å². The van der Waals surface area contributed by atoms with Crippen molar-refractivity contribution < 1.29 is 22.5 Å². The Balaban J connectivity index is 1.62. The van der Waals surface area contributed by atoms with E-state index in [0.29, 0.717) is 17.0 Å². The van der Waals surface area contributed by atoms with Crippen LogP contribution in [0.4, 0.5) is 24.5 Å². The quantitative estimate of drug-likeness (QED) is 0.581. The van der Waals surface area contributed by atoms with Crippen molar-refractivity contribution >= 4 is 28.3 Å². The lowest BCUT2D eigenvalue weighted by atomic mass is 10.0. The van der Waals surface area contributed by atoms with Gasteiger partial charge in [-0.15, -0.1) is 0 Å². The number of hydrogen-bond donors (Lipinski definition) is 1. The molecule has 0 saturated carbocycles. The summed E-state index contributed by atoms with van der Waals surface area (Å²) in [6.07, 6.45) is -1.54. The van der Waals surface area contributed by atoms with E-state index in [1.54, 1.807) is 0 Å². The fourth-order valence-corrected chi connectivity index (χ4v) is 4.21. The Morgan fingerprint density at radius 3 is 2.58 bits per heavy atom. The zero-order valence-electron chi connectivity index (χ0n) is 17.5. The molecule has 164 valence electrons. The van der Waals surface area contributed by atoms with Crippen molar-refractivity contribution in [2.24, 2.45) is 0 Å². The number of nitrogens with zero attached hydrogens (tertiary/aromatic N) is 2. The number of amides is 1. The average Bonchev–Trinajstić information content (AvgIpc) is 3.10.